The van der Waals surface area contributed by atoms with Crippen LogP contribution >= 0.6 is 11.6 Å². The zero-order chi connectivity index (χ0) is 14.1. The number of esters is 1. The largest absolute Gasteiger partial charge is 0.466 e. The number of hydrogen-bond donors (Lipinski definition) is 1. The summed E-state index contributed by atoms with van der Waals surface area (Å²) in [6.07, 6.45) is 3.42. The normalized spacial score (nSPS) is 10.3. The molecule has 0 fully saturated rings. The molecule has 0 aliphatic rings. The molecule has 0 bridgehead atoms. The van der Waals surface area contributed by atoms with Crippen molar-refractivity contribution in [2.75, 3.05) is 18.5 Å². The summed E-state index contributed by atoms with van der Waals surface area (Å²) in [4.78, 5) is 11.1. The standard InChI is InChI=1S/C15H22ClNO2/c1-3-19-15(18)7-5-4-6-10-17-14-11-12(2)8-9-13(14)16/h8-9,11,17H,3-7,10H2,1-2H3. The van der Waals surface area contributed by atoms with Crippen molar-refractivity contribution in [1.82, 2.24) is 0 Å². The van der Waals surface area contributed by atoms with Crippen LogP contribution in [0.1, 0.15) is 38.2 Å². The maximum absolute atomic E-state index is 11.1. The highest BCUT2D eigenvalue weighted by atomic mass is 35.5. The zero-order valence-electron chi connectivity index (χ0n) is 11.7. The van der Waals surface area contributed by atoms with E-state index in [1.165, 1.54) is 5.56 Å². The lowest BCUT2D eigenvalue weighted by Gasteiger charge is -2.09. The molecule has 1 aromatic rings. The highest BCUT2D eigenvalue weighted by molar-refractivity contribution is 6.33. The van der Waals surface area contributed by atoms with E-state index in [2.05, 4.69) is 5.32 Å². The fraction of sp³-hybridized carbons (Fsp3) is 0.533. The number of rotatable bonds is 8. The number of nitrogens with one attached hydrogen (secondary N) is 1. The van der Waals surface area contributed by atoms with Gasteiger partial charge in [-0.15, -0.1) is 0 Å². The molecule has 0 aliphatic carbocycles. The van der Waals surface area contributed by atoms with Crippen molar-refractivity contribution in [3.05, 3.63) is 28.8 Å². The van der Waals surface area contributed by atoms with Crippen molar-refractivity contribution < 1.29 is 9.53 Å². The van der Waals surface area contributed by atoms with E-state index in [-0.39, 0.29) is 5.97 Å². The predicted molar refractivity (Wildman–Crippen MR) is 79.8 cm³/mol. The van der Waals surface area contributed by atoms with E-state index < -0.39 is 0 Å². The molecule has 1 aromatic carbocycles. The van der Waals surface area contributed by atoms with Gasteiger partial charge in [-0.05, 0) is 44.4 Å². The molecule has 0 atom stereocenters. The Morgan fingerprint density at radius 2 is 2.11 bits per heavy atom. The molecule has 0 aliphatic heterocycles. The minimum Gasteiger partial charge on any atom is -0.466 e. The van der Waals surface area contributed by atoms with Crippen LogP contribution < -0.4 is 5.32 Å². The molecule has 0 saturated carbocycles. The van der Waals surface area contributed by atoms with Crippen LogP contribution in [0.15, 0.2) is 18.2 Å². The van der Waals surface area contributed by atoms with E-state index in [9.17, 15) is 4.79 Å². The number of carbonyl (C=O) groups excluding carboxylic acids is 1. The Hall–Kier alpha value is -1.22. The van der Waals surface area contributed by atoms with E-state index in [4.69, 9.17) is 16.3 Å². The number of unbranched alkanes of at least 4 members (excludes halogenated alkanes) is 2. The van der Waals surface area contributed by atoms with Crippen LogP contribution in [0, 0.1) is 6.92 Å². The summed E-state index contributed by atoms with van der Waals surface area (Å²) in [6.45, 7) is 5.20. The summed E-state index contributed by atoms with van der Waals surface area (Å²) < 4.78 is 4.87. The third kappa shape index (κ3) is 6.48. The van der Waals surface area contributed by atoms with Gasteiger partial charge >= 0.3 is 5.97 Å². The first-order chi connectivity index (χ1) is 9.13. The number of halogens is 1. The Kier molecular flexibility index (Phi) is 7.34. The molecule has 1 rings (SSSR count). The molecule has 0 saturated heterocycles. The van der Waals surface area contributed by atoms with Gasteiger partial charge in [-0.2, -0.15) is 0 Å². The summed E-state index contributed by atoms with van der Waals surface area (Å²) in [5, 5.41) is 4.07. The molecule has 106 valence electrons. The molecular weight excluding hydrogens is 262 g/mol. The van der Waals surface area contributed by atoms with Gasteiger partial charge in [-0.1, -0.05) is 24.1 Å². The predicted octanol–water partition coefficient (Wildman–Crippen LogP) is 4.18. The van der Waals surface area contributed by atoms with Crippen LogP contribution in [-0.4, -0.2) is 19.1 Å². The fourth-order valence-corrected chi connectivity index (χ4v) is 1.99. The van der Waals surface area contributed by atoms with Gasteiger partial charge in [0.05, 0.1) is 17.3 Å². The van der Waals surface area contributed by atoms with Crippen molar-refractivity contribution in [2.24, 2.45) is 0 Å². The van der Waals surface area contributed by atoms with Gasteiger partial charge in [-0.25, -0.2) is 0 Å². The van der Waals surface area contributed by atoms with E-state index >= 15 is 0 Å². The second-order valence-corrected chi connectivity index (χ2v) is 4.93. The molecule has 0 radical (unpaired) electrons. The van der Waals surface area contributed by atoms with Crippen molar-refractivity contribution in [3.8, 4) is 0 Å². The lowest BCUT2D eigenvalue weighted by molar-refractivity contribution is -0.143. The molecule has 0 spiro atoms. The summed E-state index contributed by atoms with van der Waals surface area (Å²) in [7, 11) is 0. The smallest absolute Gasteiger partial charge is 0.305 e. The van der Waals surface area contributed by atoms with Crippen molar-refractivity contribution in [3.63, 3.8) is 0 Å². The number of benzene rings is 1. The monoisotopic (exact) mass is 283 g/mol. The Bertz CT molecular complexity index is 407. The summed E-state index contributed by atoms with van der Waals surface area (Å²) in [6, 6.07) is 5.94. The van der Waals surface area contributed by atoms with E-state index in [0.29, 0.717) is 13.0 Å². The van der Waals surface area contributed by atoms with E-state index in [1.54, 1.807) is 0 Å². The van der Waals surface area contributed by atoms with Crippen LogP contribution in [-0.2, 0) is 9.53 Å². The lowest BCUT2D eigenvalue weighted by Crippen LogP contribution is -2.05. The number of anilines is 1. The summed E-state index contributed by atoms with van der Waals surface area (Å²) in [5.41, 5.74) is 2.17. The molecule has 19 heavy (non-hydrogen) atoms. The van der Waals surface area contributed by atoms with Gasteiger partial charge in [0.25, 0.3) is 0 Å². The first-order valence-corrected chi connectivity index (χ1v) is 7.17. The summed E-state index contributed by atoms with van der Waals surface area (Å²) >= 11 is 6.09. The molecule has 0 amide bonds. The van der Waals surface area contributed by atoms with Gasteiger partial charge in [0, 0.05) is 13.0 Å². The average Bonchev–Trinajstić information content (AvgIpc) is 2.38. The Morgan fingerprint density at radius 3 is 2.84 bits per heavy atom. The zero-order valence-corrected chi connectivity index (χ0v) is 12.4. The fourth-order valence-electron chi connectivity index (χ4n) is 1.80. The topological polar surface area (TPSA) is 38.3 Å². The first kappa shape index (κ1) is 15.8. The highest BCUT2D eigenvalue weighted by Gasteiger charge is 2.02. The van der Waals surface area contributed by atoms with Crippen LogP contribution in [0.3, 0.4) is 0 Å². The average molecular weight is 284 g/mol. The van der Waals surface area contributed by atoms with Crippen LogP contribution in [0.4, 0.5) is 5.69 Å². The second kappa shape index (κ2) is 8.81. The van der Waals surface area contributed by atoms with Gasteiger partial charge < -0.3 is 10.1 Å². The highest BCUT2D eigenvalue weighted by Crippen LogP contribution is 2.22. The van der Waals surface area contributed by atoms with Gasteiger partial charge in [0.1, 0.15) is 0 Å². The van der Waals surface area contributed by atoms with Gasteiger partial charge in [0.2, 0.25) is 0 Å². The second-order valence-electron chi connectivity index (χ2n) is 4.53. The number of hydrogen-bond acceptors (Lipinski definition) is 3. The Balaban J connectivity index is 2.14. The molecular formula is C15H22ClNO2. The lowest BCUT2D eigenvalue weighted by atomic mass is 10.2. The van der Waals surface area contributed by atoms with Crippen molar-refractivity contribution >= 4 is 23.3 Å². The third-order valence-electron chi connectivity index (χ3n) is 2.80. The van der Waals surface area contributed by atoms with Gasteiger partial charge in [0.15, 0.2) is 0 Å². The first-order valence-electron chi connectivity index (χ1n) is 6.79. The number of ether oxygens (including phenoxy) is 1. The number of aryl methyl sites for hydroxylation is 1. The SMILES string of the molecule is CCOC(=O)CCCCCNc1cc(C)ccc1Cl. The van der Waals surface area contributed by atoms with E-state index in [1.807, 2.05) is 32.0 Å². The van der Waals surface area contributed by atoms with Crippen LogP contribution in [0.5, 0.6) is 0 Å². The van der Waals surface area contributed by atoms with Crippen LogP contribution in [0.2, 0.25) is 5.02 Å². The molecule has 0 heterocycles. The van der Waals surface area contributed by atoms with Crippen LogP contribution in [0.25, 0.3) is 0 Å². The molecule has 0 unspecified atom stereocenters. The number of carbonyl (C=O) groups is 1. The van der Waals surface area contributed by atoms with E-state index in [0.717, 1.165) is 36.5 Å². The summed E-state index contributed by atoms with van der Waals surface area (Å²) in [5.74, 6) is -0.0998. The Morgan fingerprint density at radius 1 is 1.32 bits per heavy atom. The molecule has 3 nitrogen and oxygen atoms in total. The van der Waals surface area contributed by atoms with Crippen molar-refractivity contribution in [1.29, 1.82) is 0 Å². The maximum atomic E-state index is 11.1. The molecule has 4 heteroatoms. The third-order valence-corrected chi connectivity index (χ3v) is 3.13. The Labute approximate surface area is 120 Å². The minimum atomic E-state index is -0.0998. The van der Waals surface area contributed by atoms with Crippen molar-refractivity contribution in [2.45, 2.75) is 39.5 Å². The maximum Gasteiger partial charge on any atom is 0.305 e. The quantitative estimate of drug-likeness (QED) is 0.574. The molecule has 0 aromatic heterocycles. The minimum absolute atomic E-state index is 0.0998. The molecule has 1 N–H and O–H groups in total. The van der Waals surface area contributed by atoms with Gasteiger partial charge in [-0.3, -0.25) is 4.79 Å².